The SMILES string of the molecule is N#Cc1ncoc1N/N=C/c1cccc([N+](=O)[O-])c1. The standard InChI is InChI=1S/C11H7N5O3/c12-5-10-11(19-7-13-10)15-14-6-8-2-1-3-9(4-8)16(17)18/h1-4,6-7,15H/b14-6+. The Labute approximate surface area is 107 Å². The molecule has 0 aliphatic heterocycles. The molecule has 0 amide bonds. The van der Waals surface area contributed by atoms with Crippen LogP contribution in [0.3, 0.4) is 0 Å². The Balaban J connectivity index is 2.09. The number of anilines is 1. The molecule has 1 heterocycles. The molecule has 0 atom stereocenters. The lowest BCUT2D eigenvalue weighted by Crippen LogP contribution is -1.93. The van der Waals surface area contributed by atoms with Gasteiger partial charge < -0.3 is 4.42 Å². The van der Waals surface area contributed by atoms with E-state index in [2.05, 4.69) is 15.5 Å². The fourth-order valence-corrected chi connectivity index (χ4v) is 1.29. The molecule has 0 unspecified atom stereocenters. The zero-order valence-corrected chi connectivity index (χ0v) is 9.48. The molecule has 0 radical (unpaired) electrons. The predicted molar refractivity (Wildman–Crippen MR) is 65.5 cm³/mol. The minimum atomic E-state index is -0.491. The summed E-state index contributed by atoms with van der Waals surface area (Å²) in [7, 11) is 0. The summed E-state index contributed by atoms with van der Waals surface area (Å²) in [5.74, 6) is 0.115. The largest absolute Gasteiger partial charge is 0.425 e. The van der Waals surface area contributed by atoms with Crippen molar-refractivity contribution in [3.05, 3.63) is 52.0 Å². The highest BCUT2D eigenvalue weighted by molar-refractivity contribution is 5.81. The van der Waals surface area contributed by atoms with E-state index in [0.29, 0.717) is 5.56 Å². The van der Waals surface area contributed by atoms with Crippen molar-refractivity contribution in [1.29, 1.82) is 5.26 Å². The summed E-state index contributed by atoms with van der Waals surface area (Å²) in [5, 5.41) is 23.1. The molecule has 19 heavy (non-hydrogen) atoms. The molecule has 0 fully saturated rings. The van der Waals surface area contributed by atoms with E-state index >= 15 is 0 Å². The van der Waals surface area contributed by atoms with Crippen LogP contribution in [0.15, 0.2) is 40.2 Å². The number of aromatic nitrogens is 1. The summed E-state index contributed by atoms with van der Waals surface area (Å²) >= 11 is 0. The first-order chi connectivity index (χ1) is 9.20. The van der Waals surface area contributed by atoms with Crippen LogP contribution in [0, 0.1) is 21.4 Å². The molecular formula is C11H7N5O3. The summed E-state index contributed by atoms with van der Waals surface area (Å²) in [4.78, 5) is 13.7. The van der Waals surface area contributed by atoms with E-state index in [1.54, 1.807) is 12.1 Å². The molecule has 2 aromatic rings. The number of hydrogen-bond acceptors (Lipinski definition) is 7. The van der Waals surface area contributed by atoms with Gasteiger partial charge in [0.15, 0.2) is 6.39 Å². The smallest absolute Gasteiger partial charge is 0.270 e. The molecule has 8 heteroatoms. The number of nitrogens with zero attached hydrogens (tertiary/aromatic N) is 4. The summed E-state index contributed by atoms with van der Waals surface area (Å²) in [5.41, 5.74) is 3.08. The van der Waals surface area contributed by atoms with Crippen molar-refractivity contribution >= 4 is 17.8 Å². The maximum Gasteiger partial charge on any atom is 0.270 e. The minimum absolute atomic E-state index is 0.0265. The van der Waals surface area contributed by atoms with Crippen molar-refractivity contribution in [3.8, 4) is 6.07 Å². The van der Waals surface area contributed by atoms with Crippen LogP contribution in [0.4, 0.5) is 11.6 Å². The van der Waals surface area contributed by atoms with Crippen LogP contribution >= 0.6 is 0 Å². The number of nitro groups is 1. The number of oxazole rings is 1. The van der Waals surface area contributed by atoms with Crippen LogP contribution in [0.2, 0.25) is 0 Å². The van der Waals surface area contributed by atoms with Crippen molar-refractivity contribution in [2.45, 2.75) is 0 Å². The average Bonchev–Trinajstić information content (AvgIpc) is 2.86. The summed E-state index contributed by atoms with van der Waals surface area (Å²) in [6, 6.07) is 7.78. The third-order valence-electron chi connectivity index (χ3n) is 2.13. The van der Waals surface area contributed by atoms with Gasteiger partial charge in [-0.1, -0.05) is 12.1 Å². The molecule has 1 aromatic carbocycles. The van der Waals surface area contributed by atoms with E-state index < -0.39 is 4.92 Å². The lowest BCUT2D eigenvalue weighted by Gasteiger charge is -1.95. The Bertz CT molecular complexity index is 671. The number of nitro benzene ring substituents is 1. The van der Waals surface area contributed by atoms with Gasteiger partial charge in [0.25, 0.3) is 11.6 Å². The van der Waals surface area contributed by atoms with Gasteiger partial charge in [-0.2, -0.15) is 10.4 Å². The summed E-state index contributed by atoms with van der Waals surface area (Å²) < 4.78 is 4.89. The van der Waals surface area contributed by atoms with Crippen LogP contribution in [0.25, 0.3) is 0 Å². The summed E-state index contributed by atoms with van der Waals surface area (Å²) in [6.07, 6.45) is 2.49. The fraction of sp³-hybridized carbons (Fsp3) is 0. The fourth-order valence-electron chi connectivity index (χ4n) is 1.29. The predicted octanol–water partition coefficient (Wildman–Crippen LogP) is 1.90. The lowest BCUT2D eigenvalue weighted by molar-refractivity contribution is -0.384. The van der Waals surface area contributed by atoms with Crippen LogP contribution in [-0.4, -0.2) is 16.1 Å². The molecule has 94 valence electrons. The molecule has 0 aliphatic rings. The Kier molecular flexibility index (Phi) is 3.49. The number of non-ortho nitro benzene ring substituents is 1. The number of nitrogens with one attached hydrogen (secondary N) is 1. The van der Waals surface area contributed by atoms with Crippen LogP contribution in [0.5, 0.6) is 0 Å². The van der Waals surface area contributed by atoms with E-state index in [9.17, 15) is 10.1 Å². The van der Waals surface area contributed by atoms with Crippen LogP contribution in [0.1, 0.15) is 11.3 Å². The molecule has 1 aromatic heterocycles. The topological polar surface area (TPSA) is 117 Å². The van der Waals surface area contributed by atoms with Gasteiger partial charge in [-0.15, -0.1) is 0 Å². The normalized spacial score (nSPS) is 10.3. The van der Waals surface area contributed by atoms with E-state index in [4.69, 9.17) is 9.68 Å². The lowest BCUT2D eigenvalue weighted by atomic mass is 10.2. The second-order valence-corrected chi connectivity index (χ2v) is 3.36. The van der Waals surface area contributed by atoms with Crippen molar-refractivity contribution in [2.75, 3.05) is 5.43 Å². The van der Waals surface area contributed by atoms with Gasteiger partial charge in [-0.25, -0.2) is 10.4 Å². The highest BCUT2D eigenvalue weighted by Crippen LogP contribution is 2.13. The minimum Gasteiger partial charge on any atom is -0.425 e. The Morgan fingerprint density at radius 1 is 1.58 bits per heavy atom. The number of hydrazone groups is 1. The number of benzene rings is 1. The first-order valence-electron chi connectivity index (χ1n) is 5.08. The Morgan fingerprint density at radius 3 is 3.16 bits per heavy atom. The van der Waals surface area contributed by atoms with Gasteiger partial charge in [0, 0.05) is 17.7 Å². The van der Waals surface area contributed by atoms with Gasteiger partial charge in [0.2, 0.25) is 5.69 Å². The molecular weight excluding hydrogens is 250 g/mol. The van der Waals surface area contributed by atoms with Crippen molar-refractivity contribution < 1.29 is 9.34 Å². The summed E-state index contributed by atoms with van der Waals surface area (Å²) in [6.45, 7) is 0. The van der Waals surface area contributed by atoms with E-state index in [1.165, 1.54) is 18.3 Å². The third-order valence-corrected chi connectivity index (χ3v) is 2.13. The van der Waals surface area contributed by atoms with E-state index in [1.807, 2.05) is 6.07 Å². The quantitative estimate of drug-likeness (QED) is 0.507. The molecule has 0 saturated heterocycles. The molecule has 8 nitrogen and oxygen atoms in total. The maximum absolute atomic E-state index is 10.6. The first-order valence-corrected chi connectivity index (χ1v) is 5.08. The number of rotatable bonds is 4. The Morgan fingerprint density at radius 2 is 2.42 bits per heavy atom. The zero-order valence-electron chi connectivity index (χ0n) is 9.48. The van der Waals surface area contributed by atoms with E-state index in [0.717, 1.165) is 6.39 Å². The van der Waals surface area contributed by atoms with Gasteiger partial charge >= 0.3 is 0 Å². The first kappa shape index (κ1) is 12.3. The zero-order chi connectivity index (χ0) is 13.7. The van der Waals surface area contributed by atoms with Gasteiger partial charge in [-0.05, 0) is 0 Å². The molecule has 0 spiro atoms. The average molecular weight is 257 g/mol. The second-order valence-electron chi connectivity index (χ2n) is 3.36. The molecule has 0 bridgehead atoms. The van der Waals surface area contributed by atoms with Gasteiger partial charge in [0.05, 0.1) is 11.1 Å². The maximum atomic E-state index is 10.6. The van der Waals surface area contributed by atoms with Crippen LogP contribution in [-0.2, 0) is 0 Å². The van der Waals surface area contributed by atoms with Gasteiger partial charge in [0.1, 0.15) is 6.07 Å². The van der Waals surface area contributed by atoms with Crippen molar-refractivity contribution in [2.24, 2.45) is 5.10 Å². The molecule has 1 N–H and O–H groups in total. The highest BCUT2D eigenvalue weighted by Gasteiger charge is 2.06. The second kappa shape index (κ2) is 5.42. The van der Waals surface area contributed by atoms with Crippen LogP contribution < -0.4 is 5.43 Å². The third kappa shape index (κ3) is 2.92. The van der Waals surface area contributed by atoms with Crippen molar-refractivity contribution in [1.82, 2.24) is 4.98 Å². The Hall–Kier alpha value is -3.21. The number of hydrogen-bond donors (Lipinski definition) is 1. The van der Waals surface area contributed by atoms with Crippen molar-refractivity contribution in [3.63, 3.8) is 0 Å². The van der Waals surface area contributed by atoms with E-state index in [-0.39, 0.29) is 17.3 Å². The molecule has 0 aliphatic carbocycles. The molecule has 2 rings (SSSR count). The monoisotopic (exact) mass is 257 g/mol. The van der Waals surface area contributed by atoms with Gasteiger partial charge in [-0.3, -0.25) is 10.1 Å². The number of nitriles is 1. The molecule has 0 saturated carbocycles. The highest BCUT2D eigenvalue weighted by atomic mass is 16.6.